The van der Waals surface area contributed by atoms with Crippen molar-refractivity contribution < 1.29 is 0 Å². The first-order valence-corrected chi connectivity index (χ1v) is 5.70. The van der Waals surface area contributed by atoms with E-state index in [4.69, 9.17) is 23.1 Å². The van der Waals surface area contributed by atoms with Crippen molar-refractivity contribution >= 4 is 35.3 Å². The van der Waals surface area contributed by atoms with Crippen molar-refractivity contribution in [2.24, 2.45) is 11.5 Å². The smallest absolute Gasteiger partial charge is 0.0561 e. The van der Waals surface area contributed by atoms with Crippen LogP contribution in [0.15, 0.2) is 11.4 Å². The summed E-state index contributed by atoms with van der Waals surface area (Å²) in [6.07, 6.45) is 3.08. The zero-order valence-corrected chi connectivity index (χ0v) is 10.3. The lowest BCUT2D eigenvalue weighted by molar-refractivity contribution is 0.598. The first-order valence-electron chi connectivity index (χ1n) is 4.44. The van der Waals surface area contributed by atoms with Gasteiger partial charge < -0.3 is 11.5 Å². The van der Waals surface area contributed by atoms with E-state index >= 15 is 0 Å². The Labute approximate surface area is 100 Å². The number of hydrogen-bond donors (Lipinski definition) is 2. The molecular formula is C9H16Cl2N2S. The zero-order chi connectivity index (χ0) is 9.68. The van der Waals surface area contributed by atoms with Gasteiger partial charge in [0.15, 0.2) is 0 Å². The lowest BCUT2D eigenvalue weighted by Crippen LogP contribution is -2.09. The SMILES string of the molecule is Cl.NCCCC[C@@H](N)c1sccc1Cl. The van der Waals surface area contributed by atoms with Gasteiger partial charge in [-0.3, -0.25) is 0 Å². The highest BCUT2D eigenvalue weighted by Crippen LogP contribution is 2.29. The molecule has 0 aliphatic rings. The number of nitrogens with two attached hydrogens (primary N) is 2. The third-order valence-electron chi connectivity index (χ3n) is 1.95. The molecule has 0 aromatic carbocycles. The summed E-state index contributed by atoms with van der Waals surface area (Å²) in [5.74, 6) is 0. The van der Waals surface area contributed by atoms with E-state index in [9.17, 15) is 0 Å². The Morgan fingerprint density at radius 2 is 2.14 bits per heavy atom. The molecule has 5 heteroatoms. The fourth-order valence-corrected chi connectivity index (χ4v) is 2.45. The van der Waals surface area contributed by atoms with Crippen LogP contribution >= 0.6 is 35.3 Å². The molecule has 0 unspecified atom stereocenters. The summed E-state index contributed by atoms with van der Waals surface area (Å²) in [4.78, 5) is 1.10. The van der Waals surface area contributed by atoms with Crippen LogP contribution in [-0.2, 0) is 0 Å². The molecule has 0 saturated heterocycles. The van der Waals surface area contributed by atoms with Crippen LogP contribution < -0.4 is 11.5 Å². The van der Waals surface area contributed by atoms with Crippen molar-refractivity contribution in [2.45, 2.75) is 25.3 Å². The predicted molar refractivity (Wildman–Crippen MR) is 66.4 cm³/mol. The Hall–Kier alpha value is 0.200. The predicted octanol–water partition coefficient (Wildman–Crippen LogP) is 2.95. The van der Waals surface area contributed by atoms with Gasteiger partial charge in [-0.05, 0) is 30.8 Å². The van der Waals surface area contributed by atoms with Crippen LogP contribution in [0.4, 0.5) is 0 Å². The summed E-state index contributed by atoms with van der Waals surface area (Å²) < 4.78 is 0. The van der Waals surface area contributed by atoms with E-state index in [1.54, 1.807) is 11.3 Å². The highest BCUT2D eigenvalue weighted by molar-refractivity contribution is 7.10. The van der Waals surface area contributed by atoms with Crippen molar-refractivity contribution in [1.29, 1.82) is 0 Å². The molecule has 0 bridgehead atoms. The molecular weight excluding hydrogens is 239 g/mol. The van der Waals surface area contributed by atoms with Gasteiger partial charge in [-0.1, -0.05) is 18.0 Å². The highest BCUT2D eigenvalue weighted by Gasteiger charge is 2.10. The van der Waals surface area contributed by atoms with Crippen LogP contribution in [0.2, 0.25) is 5.02 Å². The largest absolute Gasteiger partial charge is 0.330 e. The maximum atomic E-state index is 5.97. The summed E-state index contributed by atoms with van der Waals surface area (Å²) in [6.45, 7) is 0.741. The van der Waals surface area contributed by atoms with Crippen LogP contribution in [0.25, 0.3) is 0 Å². The lowest BCUT2D eigenvalue weighted by Gasteiger charge is -2.09. The molecule has 0 fully saturated rings. The number of hydrogen-bond acceptors (Lipinski definition) is 3. The molecule has 0 radical (unpaired) electrons. The minimum atomic E-state index is 0. The first-order chi connectivity index (χ1) is 6.25. The standard InChI is InChI=1S/C9H15ClN2S.ClH/c10-7-4-6-13-9(7)8(12)3-1-2-5-11;/h4,6,8H,1-3,5,11-12H2;1H/t8-;/m1./s1. The van der Waals surface area contributed by atoms with Crippen LogP contribution in [0.3, 0.4) is 0 Å². The number of unbranched alkanes of at least 4 members (excludes halogenated alkanes) is 1. The summed E-state index contributed by atoms with van der Waals surface area (Å²) in [7, 11) is 0. The van der Waals surface area contributed by atoms with Crippen LogP contribution in [0.5, 0.6) is 0 Å². The summed E-state index contributed by atoms with van der Waals surface area (Å²) in [5.41, 5.74) is 11.4. The monoisotopic (exact) mass is 254 g/mol. The Kier molecular flexibility index (Phi) is 7.59. The average molecular weight is 255 g/mol. The van der Waals surface area contributed by atoms with E-state index in [0.717, 1.165) is 35.7 Å². The second-order valence-corrected chi connectivity index (χ2v) is 4.38. The van der Waals surface area contributed by atoms with Crippen molar-refractivity contribution in [3.8, 4) is 0 Å². The molecule has 4 N–H and O–H groups in total. The Balaban J connectivity index is 0.00000169. The van der Waals surface area contributed by atoms with E-state index in [-0.39, 0.29) is 18.4 Å². The molecule has 0 saturated carbocycles. The Morgan fingerprint density at radius 1 is 1.43 bits per heavy atom. The van der Waals surface area contributed by atoms with Gasteiger partial charge in [0.05, 0.1) is 5.02 Å². The highest BCUT2D eigenvalue weighted by atomic mass is 35.5. The fourth-order valence-electron chi connectivity index (χ4n) is 1.21. The maximum absolute atomic E-state index is 5.97. The van der Waals surface area contributed by atoms with Gasteiger partial charge >= 0.3 is 0 Å². The number of halogens is 2. The van der Waals surface area contributed by atoms with Gasteiger partial charge in [0.25, 0.3) is 0 Å². The zero-order valence-electron chi connectivity index (χ0n) is 7.91. The van der Waals surface area contributed by atoms with Gasteiger partial charge in [0, 0.05) is 10.9 Å². The second kappa shape index (κ2) is 7.49. The van der Waals surface area contributed by atoms with Gasteiger partial charge in [-0.2, -0.15) is 0 Å². The summed E-state index contributed by atoms with van der Waals surface area (Å²) in [6, 6.07) is 1.98. The topological polar surface area (TPSA) is 52.0 Å². The molecule has 0 aliphatic heterocycles. The molecule has 82 valence electrons. The normalized spacial score (nSPS) is 12.2. The van der Waals surface area contributed by atoms with Gasteiger partial charge in [0.1, 0.15) is 0 Å². The van der Waals surface area contributed by atoms with Crippen molar-refractivity contribution in [1.82, 2.24) is 0 Å². The molecule has 0 aliphatic carbocycles. The summed E-state index contributed by atoms with van der Waals surface area (Å²) >= 11 is 7.58. The quantitative estimate of drug-likeness (QED) is 0.795. The maximum Gasteiger partial charge on any atom is 0.0561 e. The molecule has 0 spiro atoms. The van der Waals surface area contributed by atoms with Crippen molar-refractivity contribution in [3.05, 3.63) is 21.3 Å². The minimum absolute atomic E-state index is 0. The van der Waals surface area contributed by atoms with Crippen LogP contribution in [0.1, 0.15) is 30.2 Å². The average Bonchev–Trinajstić information content (AvgIpc) is 2.52. The lowest BCUT2D eigenvalue weighted by atomic mass is 10.1. The molecule has 1 rings (SSSR count). The first kappa shape index (κ1) is 14.2. The Bertz CT molecular complexity index is 253. The van der Waals surface area contributed by atoms with E-state index in [0.29, 0.717) is 0 Å². The van der Waals surface area contributed by atoms with E-state index in [1.165, 1.54) is 0 Å². The van der Waals surface area contributed by atoms with Gasteiger partial charge in [-0.15, -0.1) is 23.7 Å². The molecule has 1 aromatic heterocycles. The number of rotatable bonds is 5. The van der Waals surface area contributed by atoms with Crippen LogP contribution in [0, 0.1) is 0 Å². The molecule has 14 heavy (non-hydrogen) atoms. The van der Waals surface area contributed by atoms with Crippen molar-refractivity contribution in [2.75, 3.05) is 6.54 Å². The van der Waals surface area contributed by atoms with Gasteiger partial charge in [-0.25, -0.2) is 0 Å². The molecule has 1 atom stereocenters. The third-order valence-corrected chi connectivity index (χ3v) is 3.44. The van der Waals surface area contributed by atoms with Gasteiger partial charge in [0.2, 0.25) is 0 Å². The van der Waals surface area contributed by atoms with Crippen molar-refractivity contribution in [3.63, 3.8) is 0 Å². The molecule has 1 aromatic rings. The molecule has 1 heterocycles. The van der Waals surface area contributed by atoms with E-state index in [1.807, 2.05) is 11.4 Å². The fraction of sp³-hybridized carbons (Fsp3) is 0.556. The molecule has 0 amide bonds. The second-order valence-electron chi connectivity index (χ2n) is 3.02. The summed E-state index contributed by atoms with van der Waals surface area (Å²) in [5, 5.41) is 2.77. The van der Waals surface area contributed by atoms with E-state index < -0.39 is 0 Å². The minimum Gasteiger partial charge on any atom is -0.330 e. The third kappa shape index (κ3) is 4.15. The Morgan fingerprint density at radius 3 is 2.64 bits per heavy atom. The van der Waals surface area contributed by atoms with Crippen LogP contribution in [-0.4, -0.2) is 6.54 Å². The molecule has 2 nitrogen and oxygen atoms in total. The van der Waals surface area contributed by atoms with E-state index in [2.05, 4.69) is 0 Å². The number of thiophene rings is 1.